The third-order valence-corrected chi connectivity index (χ3v) is 2.86. The molecule has 0 amide bonds. The molecular weight excluding hydrogens is 268 g/mol. The number of aliphatic hydroxyl groups is 6. The van der Waals surface area contributed by atoms with Crippen LogP contribution in [0.2, 0.25) is 0 Å². The minimum Gasteiger partial charge on any atom is -0.391 e. The van der Waals surface area contributed by atoms with Gasteiger partial charge in [0.05, 0.1) is 23.6 Å². The van der Waals surface area contributed by atoms with Gasteiger partial charge in [0.25, 0.3) is 0 Å². The van der Waals surface area contributed by atoms with E-state index in [0.29, 0.717) is 0 Å². The molecular formula is C12H24N2O6. The summed E-state index contributed by atoms with van der Waals surface area (Å²) in [5.41, 5.74) is 0.0768. The second kappa shape index (κ2) is 8.40. The molecule has 0 saturated heterocycles. The standard InChI is InChI=1S/C12H24N2O6/c1-5(9(17)11(19)7(3)15)13-14-6(2)10(18)12(20)8(4)16/h7-12,15-20H,1-4H3/b13-5-,14-6+/t7-,8-,9-,10-,11-,12-/m1/s1. The predicted octanol–water partition coefficient (Wildman–Crippen LogP) is -1.97. The quantitative estimate of drug-likeness (QED) is 0.237. The third-order valence-electron chi connectivity index (χ3n) is 2.86. The van der Waals surface area contributed by atoms with Gasteiger partial charge in [-0.15, -0.1) is 0 Å². The first kappa shape index (κ1) is 19.1. The average molecular weight is 292 g/mol. The van der Waals surface area contributed by atoms with Gasteiger partial charge in [0, 0.05) is 0 Å². The molecule has 0 aromatic carbocycles. The van der Waals surface area contributed by atoms with Crippen molar-refractivity contribution in [1.82, 2.24) is 0 Å². The van der Waals surface area contributed by atoms with Gasteiger partial charge in [0.1, 0.15) is 24.4 Å². The van der Waals surface area contributed by atoms with Crippen LogP contribution in [0.5, 0.6) is 0 Å². The van der Waals surface area contributed by atoms with E-state index in [2.05, 4.69) is 10.2 Å². The molecule has 0 unspecified atom stereocenters. The van der Waals surface area contributed by atoms with Gasteiger partial charge in [-0.05, 0) is 27.7 Å². The highest BCUT2D eigenvalue weighted by Crippen LogP contribution is 2.05. The van der Waals surface area contributed by atoms with Gasteiger partial charge in [-0.25, -0.2) is 0 Å². The van der Waals surface area contributed by atoms with Gasteiger partial charge in [-0.2, -0.15) is 10.2 Å². The minimum atomic E-state index is -1.40. The van der Waals surface area contributed by atoms with E-state index in [0.717, 1.165) is 0 Å². The van der Waals surface area contributed by atoms with Gasteiger partial charge in [0.15, 0.2) is 0 Å². The second-order valence-electron chi connectivity index (χ2n) is 4.83. The largest absolute Gasteiger partial charge is 0.391 e. The van der Waals surface area contributed by atoms with Crippen LogP contribution >= 0.6 is 0 Å². The molecule has 0 aliphatic heterocycles. The molecule has 0 spiro atoms. The van der Waals surface area contributed by atoms with E-state index in [4.69, 9.17) is 10.2 Å². The van der Waals surface area contributed by atoms with E-state index in [1.165, 1.54) is 27.7 Å². The SMILES string of the molecule is C/C(=N/N=C(\C)[C@@H](O)[C@H](O)[C@@H](C)O)[C@@H](O)[C@H](O)[C@@H](C)O. The minimum absolute atomic E-state index is 0.0384. The van der Waals surface area contributed by atoms with Crippen LogP contribution in [0.4, 0.5) is 0 Å². The van der Waals surface area contributed by atoms with E-state index >= 15 is 0 Å². The fourth-order valence-corrected chi connectivity index (χ4v) is 1.30. The molecule has 0 aliphatic carbocycles. The maximum Gasteiger partial charge on any atom is 0.122 e. The summed E-state index contributed by atoms with van der Waals surface area (Å²) in [6.45, 7) is 5.42. The molecule has 0 saturated carbocycles. The predicted molar refractivity (Wildman–Crippen MR) is 73.6 cm³/mol. The highest BCUT2D eigenvalue weighted by atomic mass is 16.4. The van der Waals surface area contributed by atoms with E-state index < -0.39 is 36.6 Å². The van der Waals surface area contributed by atoms with Crippen molar-refractivity contribution in [2.75, 3.05) is 0 Å². The maximum atomic E-state index is 9.64. The number of hydrogen-bond acceptors (Lipinski definition) is 8. The Bertz CT molecular complexity index is 322. The van der Waals surface area contributed by atoms with Crippen LogP contribution in [0, 0.1) is 0 Å². The van der Waals surface area contributed by atoms with Crippen LogP contribution in [0.3, 0.4) is 0 Å². The molecule has 6 N–H and O–H groups in total. The summed E-state index contributed by atoms with van der Waals surface area (Å²) in [5.74, 6) is 0. The zero-order valence-electron chi connectivity index (χ0n) is 12.0. The number of hydrogen-bond donors (Lipinski definition) is 6. The number of rotatable bonds is 7. The van der Waals surface area contributed by atoms with Crippen LogP contribution in [0.1, 0.15) is 27.7 Å². The van der Waals surface area contributed by atoms with E-state index in [1.54, 1.807) is 0 Å². The van der Waals surface area contributed by atoms with Crippen molar-refractivity contribution in [2.45, 2.75) is 64.3 Å². The number of aliphatic hydroxyl groups excluding tert-OH is 6. The first-order valence-electron chi connectivity index (χ1n) is 6.26. The van der Waals surface area contributed by atoms with Gasteiger partial charge < -0.3 is 30.6 Å². The van der Waals surface area contributed by atoms with Crippen molar-refractivity contribution in [1.29, 1.82) is 0 Å². The Balaban J connectivity index is 4.85. The molecule has 0 fully saturated rings. The Hall–Kier alpha value is -0.900. The fourth-order valence-electron chi connectivity index (χ4n) is 1.30. The van der Waals surface area contributed by atoms with Gasteiger partial charge in [-0.3, -0.25) is 0 Å². The van der Waals surface area contributed by atoms with Crippen LogP contribution in [-0.4, -0.2) is 78.7 Å². The molecule has 0 aromatic rings. The Morgan fingerprint density at radius 3 is 1.10 bits per heavy atom. The molecule has 8 heteroatoms. The van der Waals surface area contributed by atoms with E-state index in [-0.39, 0.29) is 11.4 Å². The normalized spacial score (nSPS) is 22.9. The smallest absolute Gasteiger partial charge is 0.122 e. The van der Waals surface area contributed by atoms with Crippen molar-refractivity contribution >= 4 is 11.4 Å². The third kappa shape index (κ3) is 5.61. The van der Waals surface area contributed by atoms with Gasteiger partial charge in [-0.1, -0.05) is 0 Å². The summed E-state index contributed by atoms with van der Waals surface area (Å²) < 4.78 is 0. The summed E-state index contributed by atoms with van der Waals surface area (Å²) in [4.78, 5) is 0. The summed E-state index contributed by atoms with van der Waals surface area (Å²) in [5, 5.41) is 63.7. The topological polar surface area (TPSA) is 146 Å². The molecule has 20 heavy (non-hydrogen) atoms. The highest BCUT2D eigenvalue weighted by molar-refractivity contribution is 5.90. The first-order valence-corrected chi connectivity index (χ1v) is 6.26. The lowest BCUT2D eigenvalue weighted by Gasteiger charge is -2.20. The van der Waals surface area contributed by atoms with Gasteiger partial charge in [0.2, 0.25) is 0 Å². The first-order chi connectivity index (χ1) is 9.09. The Labute approximate surface area is 117 Å². The van der Waals surface area contributed by atoms with Crippen molar-refractivity contribution in [3.05, 3.63) is 0 Å². The van der Waals surface area contributed by atoms with Gasteiger partial charge >= 0.3 is 0 Å². The summed E-state index contributed by atoms with van der Waals surface area (Å²) >= 11 is 0. The van der Waals surface area contributed by atoms with Crippen LogP contribution in [0.25, 0.3) is 0 Å². The molecule has 0 radical (unpaired) electrons. The highest BCUT2D eigenvalue weighted by Gasteiger charge is 2.25. The fraction of sp³-hybridized carbons (Fsp3) is 0.833. The van der Waals surface area contributed by atoms with Crippen molar-refractivity contribution < 1.29 is 30.6 Å². The monoisotopic (exact) mass is 292 g/mol. The molecule has 0 heterocycles. The molecule has 0 rings (SSSR count). The Morgan fingerprint density at radius 2 is 0.900 bits per heavy atom. The van der Waals surface area contributed by atoms with Crippen molar-refractivity contribution in [2.24, 2.45) is 10.2 Å². The Morgan fingerprint density at radius 1 is 0.650 bits per heavy atom. The summed E-state index contributed by atoms with van der Waals surface area (Å²) in [6.07, 6.45) is -7.87. The molecule has 0 bridgehead atoms. The lowest BCUT2D eigenvalue weighted by atomic mass is 10.1. The summed E-state index contributed by atoms with van der Waals surface area (Å²) in [6, 6.07) is 0. The zero-order chi connectivity index (χ0) is 16.0. The molecule has 118 valence electrons. The number of nitrogens with zero attached hydrogens (tertiary/aromatic N) is 2. The molecule has 0 aliphatic rings. The lowest BCUT2D eigenvalue weighted by molar-refractivity contribution is -0.0264. The van der Waals surface area contributed by atoms with E-state index in [1.807, 2.05) is 0 Å². The van der Waals surface area contributed by atoms with Crippen molar-refractivity contribution in [3.63, 3.8) is 0 Å². The maximum absolute atomic E-state index is 9.64. The molecule has 6 atom stereocenters. The summed E-state index contributed by atoms with van der Waals surface area (Å²) in [7, 11) is 0. The van der Waals surface area contributed by atoms with Crippen LogP contribution in [-0.2, 0) is 0 Å². The van der Waals surface area contributed by atoms with Crippen LogP contribution in [0.15, 0.2) is 10.2 Å². The average Bonchev–Trinajstić information content (AvgIpc) is 2.40. The zero-order valence-corrected chi connectivity index (χ0v) is 12.0. The van der Waals surface area contributed by atoms with Crippen LogP contribution < -0.4 is 0 Å². The van der Waals surface area contributed by atoms with Crippen molar-refractivity contribution in [3.8, 4) is 0 Å². The Kier molecular flexibility index (Phi) is 8.02. The molecule has 0 aromatic heterocycles. The lowest BCUT2D eigenvalue weighted by Crippen LogP contribution is -2.40. The second-order valence-corrected chi connectivity index (χ2v) is 4.83. The molecule has 8 nitrogen and oxygen atoms in total. The van der Waals surface area contributed by atoms with E-state index in [9.17, 15) is 20.4 Å².